The van der Waals surface area contributed by atoms with Gasteiger partial charge >= 0.3 is 0 Å². The van der Waals surface area contributed by atoms with Gasteiger partial charge < -0.3 is 0 Å². The van der Waals surface area contributed by atoms with Gasteiger partial charge in [0, 0.05) is 19.2 Å². The molecule has 7 nitrogen and oxygen atoms in total. The molecule has 0 aliphatic rings. The van der Waals surface area contributed by atoms with Crippen LogP contribution in [0, 0.1) is 6.92 Å². The van der Waals surface area contributed by atoms with E-state index >= 15 is 0 Å². The van der Waals surface area contributed by atoms with Gasteiger partial charge in [0.05, 0.1) is 11.7 Å². The van der Waals surface area contributed by atoms with Crippen LogP contribution in [0.3, 0.4) is 0 Å². The van der Waals surface area contributed by atoms with Crippen LogP contribution in [0.1, 0.15) is 30.3 Å². The van der Waals surface area contributed by atoms with Gasteiger partial charge in [-0.05, 0) is 19.9 Å². The lowest BCUT2D eigenvalue weighted by Crippen LogP contribution is -2.31. The molecule has 1 unspecified atom stereocenters. The normalized spacial score (nSPS) is 12.6. The van der Waals surface area contributed by atoms with Gasteiger partial charge in [0.15, 0.2) is 0 Å². The van der Waals surface area contributed by atoms with Crippen LogP contribution in [0.5, 0.6) is 0 Å². The van der Waals surface area contributed by atoms with Crippen LogP contribution in [0.25, 0.3) is 0 Å². The lowest BCUT2D eigenvalue weighted by atomic mass is 10.1. The average Bonchev–Trinajstić information content (AvgIpc) is 2.83. The zero-order valence-corrected chi connectivity index (χ0v) is 10.5. The van der Waals surface area contributed by atoms with Gasteiger partial charge in [-0.3, -0.25) is 16.0 Å². The van der Waals surface area contributed by atoms with Crippen LogP contribution < -0.4 is 11.3 Å². The van der Waals surface area contributed by atoms with Crippen molar-refractivity contribution in [3.63, 3.8) is 0 Å². The van der Waals surface area contributed by atoms with Crippen molar-refractivity contribution in [1.82, 2.24) is 30.2 Å². The highest BCUT2D eigenvalue weighted by Crippen LogP contribution is 2.14. The minimum atomic E-state index is -0.0961. The Balaban J connectivity index is 2.20. The first-order valence-electron chi connectivity index (χ1n) is 5.87. The summed E-state index contributed by atoms with van der Waals surface area (Å²) in [6, 6.07) is 1.76. The highest BCUT2D eigenvalue weighted by molar-refractivity contribution is 5.09. The minimum absolute atomic E-state index is 0.0961. The number of hydrogen-bond donors (Lipinski definition) is 2. The smallest absolute Gasteiger partial charge is 0.138 e. The summed E-state index contributed by atoms with van der Waals surface area (Å²) in [7, 11) is 0. The van der Waals surface area contributed by atoms with Gasteiger partial charge in [-0.15, -0.1) is 0 Å². The summed E-state index contributed by atoms with van der Waals surface area (Å²) >= 11 is 0. The number of nitrogens with one attached hydrogen (secondary N) is 1. The fourth-order valence-electron chi connectivity index (χ4n) is 1.81. The molecular weight excluding hydrogens is 230 g/mol. The van der Waals surface area contributed by atoms with Crippen molar-refractivity contribution in [1.29, 1.82) is 0 Å². The SMILES string of the molecule is CCn1ncnc1CC(NN)c1ccnc(C)n1. The van der Waals surface area contributed by atoms with Crippen LogP contribution in [0.4, 0.5) is 0 Å². The van der Waals surface area contributed by atoms with Gasteiger partial charge in [0.2, 0.25) is 0 Å². The van der Waals surface area contributed by atoms with Crippen molar-refractivity contribution in [3.8, 4) is 0 Å². The molecular formula is C11H17N7. The molecule has 2 aromatic rings. The largest absolute Gasteiger partial charge is 0.271 e. The van der Waals surface area contributed by atoms with E-state index in [0.717, 1.165) is 23.9 Å². The van der Waals surface area contributed by atoms with Gasteiger partial charge in [0.25, 0.3) is 0 Å². The first-order valence-corrected chi connectivity index (χ1v) is 5.87. The Morgan fingerprint density at radius 2 is 2.28 bits per heavy atom. The Labute approximate surface area is 105 Å². The summed E-state index contributed by atoms with van der Waals surface area (Å²) in [4.78, 5) is 12.7. The summed E-state index contributed by atoms with van der Waals surface area (Å²) < 4.78 is 1.85. The molecule has 2 heterocycles. The summed E-state index contributed by atoms with van der Waals surface area (Å²) in [5, 5.41) is 4.14. The summed E-state index contributed by atoms with van der Waals surface area (Å²) in [6.07, 6.45) is 3.92. The van der Waals surface area contributed by atoms with Crippen molar-refractivity contribution < 1.29 is 0 Å². The number of hydrogen-bond acceptors (Lipinski definition) is 6. The molecule has 1 atom stereocenters. The Morgan fingerprint density at radius 3 is 2.94 bits per heavy atom. The average molecular weight is 247 g/mol. The Kier molecular flexibility index (Phi) is 3.96. The summed E-state index contributed by atoms with van der Waals surface area (Å²) in [5.74, 6) is 7.21. The van der Waals surface area contributed by atoms with E-state index in [-0.39, 0.29) is 6.04 Å². The quantitative estimate of drug-likeness (QED) is 0.576. The molecule has 0 saturated carbocycles. The second-order valence-electron chi connectivity index (χ2n) is 3.94. The number of nitrogens with zero attached hydrogens (tertiary/aromatic N) is 5. The fraction of sp³-hybridized carbons (Fsp3) is 0.455. The Bertz CT molecular complexity index is 508. The zero-order chi connectivity index (χ0) is 13.0. The van der Waals surface area contributed by atoms with Crippen molar-refractivity contribution in [2.45, 2.75) is 32.9 Å². The molecule has 0 radical (unpaired) electrons. The van der Waals surface area contributed by atoms with Crippen LogP contribution in [-0.4, -0.2) is 24.7 Å². The molecule has 0 amide bonds. The van der Waals surface area contributed by atoms with E-state index in [4.69, 9.17) is 5.84 Å². The van der Waals surface area contributed by atoms with Gasteiger partial charge in [-0.2, -0.15) is 5.10 Å². The topological polar surface area (TPSA) is 94.5 Å². The second kappa shape index (κ2) is 5.65. The standard InChI is InChI=1S/C11H17N7/c1-3-18-11(14-7-15-18)6-10(17-12)9-4-5-13-8(2)16-9/h4-5,7,10,17H,3,6,12H2,1-2H3. The third kappa shape index (κ3) is 2.69. The Morgan fingerprint density at radius 1 is 1.44 bits per heavy atom. The van der Waals surface area contributed by atoms with Crippen molar-refractivity contribution in [2.24, 2.45) is 5.84 Å². The molecule has 7 heteroatoms. The zero-order valence-electron chi connectivity index (χ0n) is 10.5. The third-order valence-corrected chi connectivity index (χ3v) is 2.74. The van der Waals surface area contributed by atoms with Gasteiger partial charge in [0.1, 0.15) is 18.0 Å². The van der Waals surface area contributed by atoms with E-state index < -0.39 is 0 Å². The van der Waals surface area contributed by atoms with E-state index in [1.165, 1.54) is 0 Å². The second-order valence-corrected chi connectivity index (χ2v) is 3.94. The lowest BCUT2D eigenvalue weighted by molar-refractivity contribution is 0.499. The molecule has 0 spiro atoms. The Hall–Kier alpha value is -1.86. The number of aromatic nitrogens is 5. The number of nitrogens with two attached hydrogens (primary N) is 1. The number of aryl methyl sites for hydroxylation is 2. The van der Waals surface area contributed by atoms with Crippen LogP contribution in [0.15, 0.2) is 18.6 Å². The first-order chi connectivity index (χ1) is 8.74. The first kappa shape index (κ1) is 12.6. The van der Waals surface area contributed by atoms with Crippen molar-refractivity contribution in [2.75, 3.05) is 0 Å². The molecule has 0 bridgehead atoms. The lowest BCUT2D eigenvalue weighted by Gasteiger charge is -2.15. The molecule has 0 aromatic carbocycles. The molecule has 0 saturated heterocycles. The maximum absolute atomic E-state index is 5.60. The highest BCUT2D eigenvalue weighted by atomic mass is 15.3. The molecule has 0 aliphatic heterocycles. The molecule has 3 N–H and O–H groups in total. The van der Waals surface area contributed by atoms with Crippen molar-refractivity contribution >= 4 is 0 Å². The minimum Gasteiger partial charge on any atom is -0.271 e. The van der Waals surface area contributed by atoms with Crippen LogP contribution in [0.2, 0.25) is 0 Å². The fourth-order valence-corrected chi connectivity index (χ4v) is 1.81. The van der Waals surface area contributed by atoms with Gasteiger partial charge in [-0.25, -0.2) is 15.0 Å². The predicted octanol–water partition coefficient (Wildman–Crippen LogP) is 0.144. The van der Waals surface area contributed by atoms with E-state index in [2.05, 4.69) is 25.5 Å². The summed E-state index contributed by atoms with van der Waals surface area (Å²) in [5.41, 5.74) is 3.62. The van der Waals surface area contributed by atoms with Crippen molar-refractivity contribution in [3.05, 3.63) is 35.9 Å². The number of hydrazine groups is 1. The molecule has 2 rings (SSSR count). The van der Waals surface area contributed by atoms with E-state index in [1.807, 2.05) is 24.6 Å². The third-order valence-electron chi connectivity index (χ3n) is 2.74. The van der Waals surface area contributed by atoms with E-state index in [0.29, 0.717) is 6.42 Å². The van der Waals surface area contributed by atoms with E-state index in [1.54, 1.807) is 12.5 Å². The van der Waals surface area contributed by atoms with Crippen LogP contribution >= 0.6 is 0 Å². The maximum atomic E-state index is 5.60. The molecule has 0 aliphatic carbocycles. The predicted molar refractivity (Wildman–Crippen MR) is 66.2 cm³/mol. The summed E-state index contributed by atoms with van der Waals surface area (Å²) in [6.45, 7) is 4.67. The monoisotopic (exact) mass is 247 g/mol. The highest BCUT2D eigenvalue weighted by Gasteiger charge is 2.15. The maximum Gasteiger partial charge on any atom is 0.138 e. The van der Waals surface area contributed by atoms with Crippen LogP contribution in [-0.2, 0) is 13.0 Å². The molecule has 96 valence electrons. The number of rotatable bonds is 5. The molecule has 2 aromatic heterocycles. The molecule has 0 fully saturated rings. The van der Waals surface area contributed by atoms with Gasteiger partial charge in [-0.1, -0.05) is 0 Å². The van der Waals surface area contributed by atoms with E-state index in [9.17, 15) is 0 Å². The molecule has 18 heavy (non-hydrogen) atoms.